The average Bonchev–Trinajstić information content (AvgIpc) is 2.40. The molecule has 3 nitrogen and oxygen atoms in total. The van der Waals surface area contributed by atoms with Gasteiger partial charge in [0, 0.05) is 38.3 Å². The predicted octanol–water partition coefficient (Wildman–Crippen LogP) is 2.82. The van der Waals surface area contributed by atoms with Crippen LogP contribution in [0, 0.1) is 11.3 Å². The van der Waals surface area contributed by atoms with Crippen molar-refractivity contribution >= 4 is 0 Å². The van der Waals surface area contributed by atoms with Crippen LogP contribution in [0.3, 0.4) is 0 Å². The summed E-state index contributed by atoms with van der Waals surface area (Å²) in [5.41, 5.74) is 0.452. The summed E-state index contributed by atoms with van der Waals surface area (Å²) in [4.78, 5) is 5.21. The zero-order chi connectivity index (χ0) is 15.5. The summed E-state index contributed by atoms with van der Waals surface area (Å²) in [5.74, 6) is 0.825. The summed E-state index contributed by atoms with van der Waals surface area (Å²) in [6.45, 7) is 15.8. The zero-order valence-corrected chi connectivity index (χ0v) is 15.0. The Morgan fingerprint density at radius 2 is 2.00 bits per heavy atom. The first-order valence-electron chi connectivity index (χ1n) is 9.10. The predicted molar refractivity (Wildman–Crippen MR) is 91.7 cm³/mol. The monoisotopic (exact) mass is 295 g/mol. The SMILES string of the molecule is CCCNC1C(CN2CCN(C)CC2C)CCCC1(C)C. The van der Waals surface area contributed by atoms with Crippen LogP contribution in [0.15, 0.2) is 0 Å². The number of piperazine rings is 1. The average molecular weight is 296 g/mol. The van der Waals surface area contributed by atoms with Gasteiger partial charge in [-0.25, -0.2) is 0 Å². The third-order valence-electron chi connectivity index (χ3n) is 5.76. The third kappa shape index (κ3) is 4.43. The van der Waals surface area contributed by atoms with E-state index in [9.17, 15) is 0 Å². The zero-order valence-electron chi connectivity index (χ0n) is 15.0. The van der Waals surface area contributed by atoms with E-state index in [4.69, 9.17) is 0 Å². The number of rotatable bonds is 5. The van der Waals surface area contributed by atoms with Gasteiger partial charge in [-0.2, -0.15) is 0 Å². The maximum absolute atomic E-state index is 3.89. The minimum absolute atomic E-state index is 0.452. The van der Waals surface area contributed by atoms with Crippen LogP contribution in [0.2, 0.25) is 0 Å². The van der Waals surface area contributed by atoms with E-state index in [0.717, 1.165) is 5.92 Å². The van der Waals surface area contributed by atoms with Crippen LogP contribution >= 0.6 is 0 Å². The van der Waals surface area contributed by atoms with Gasteiger partial charge in [0.1, 0.15) is 0 Å². The molecule has 1 aliphatic heterocycles. The maximum atomic E-state index is 3.89. The van der Waals surface area contributed by atoms with Crippen molar-refractivity contribution in [2.75, 3.05) is 39.8 Å². The van der Waals surface area contributed by atoms with Crippen molar-refractivity contribution in [2.45, 2.75) is 65.5 Å². The maximum Gasteiger partial charge on any atom is 0.0195 e. The van der Waals surface area contributed by atoms with E-state index in [-0.39, 0.29) is 0 Å². The molecule has 1 N–H and O–H groups in total. The fraction of sp³-hybridized carbons (Fsp3) is 1.00. The highest BCUT2D eigenvalue weighted by Crippen LogP contribution is 2.39. The lowest BCUT2D eigenvalue weighted by molar-refractivity contribution is 0.0388. The molecule has 0 bridgehead atoms. The van der Waals surface area contributed by atoms with Crippen LogP contribution in [0.1, 0.15) is 53.4 Å². The van der Waals surface area contributed by atoms with Gasteiger partial charge in [-0.05, 0) is 51.1 Å². The Hall–Kier alpha value is -0.120. The molecule has 3 atom stereocenters. The van der Waals surface area contributed by atoms with E-state index < -0.39 is 0 Å². The van der Waals surface area contributed by atoms with Crippen LogP contribution in [0.4, 0.5) is 0 Å². The molecule has 0 radical (unpaired) electrons. The molecule has 1 saturated heterocycles. The first-order valence-corrected chi connectivity index (χ1v) is 9.10. The molecule has 1 saturated carbocycles. The summed E-state index contributed by atoms with van der Waals surface area (Å²) in [6, 6.07) is 1.40. The number of likely N-dealkylation sites (N-methyl/N-ethyl adjacent to an activating group) is 1. The lowest BCUT2D eigenvalue weighted by atomic mass is 9.67. The second kappa shape index (κ2) is 7.43. The lowest BCUT2D eigenvalue weighted by Gasteiger charge is -2.48. The van der Waals surface area contributed by atoms with E-state index in [0.29, 0.717) is 17.5 Å². The molecule has 21 heavy (non-hydrogen) atoms. The lowest BCUT2D eigenvalue weighted by Crippen LogP contribution is -2.57. The molecule has 2 rings (SSSR count). The highest BCUT2D eigenvalue weighted by atomic mass is 15.3. The van der Waals surface area contributed by atoms with Crippen LogP contribution in [0.5, 0.6) is 0 Å². The van der Waals surface area contributed by atoms with Crippen molar-refractivity contribution in [1.29, 1.82) is 0 Å². The summed E-state index contributed by atoms with van der Waals surface area (Å²) < 4.78 is 0. The van der Waals surface area contributed by atoms with E-state index in [1.54, 1.807) is 0 Å². The topological polar surface area (TPSA) is 18.5 Å². The van der Waals surface area contributed by atoms with Crippen molar-refractivity contribution in [2.24, 2.45) is 11.3 Å². The molecule has 2 fully saturated rings. The highest BCUT2D eigenvalue weighted by Gasteiger charge is 2.39. The summed E-state index contributed by atoms with van der Waals surface area (Å²) in [7, 11) is 2.25. The van der Waals surface area contributed by atoms with Gasteiger partial charge in [-0.1, -0.05) is 27.2 Å². The molecule has 2 aliphatic rings. The van der Waals surface area contributed by atoms with Gasteiger partial charge in [0.05, 0.1) is 0 Å². The van der Waals surface area contributed by atoms with E-state index in [1.807, 2.05) is 0 Å². The Morgan fingerprint density at radius 1 is 1.24 bits per heavy atom. The molecular weight excluding hydrogens is 258 g/mol. The second-order valence-electron chi connectivity index (χ2n) is 8.18. The smallest absolute Gasteiger partial charge is 0.0195 e. The standard InChI is InChI=1S/C18H37N3/c1-6-10-19-17-16(8-7-9-18(17,3)4)14-21-12-11-20(5)13-15(21)2/h15-17,19H,6-14H2,1-5H3. The summed E-state index contributed by atoms with van der Waals surface area (Å²) >= 11 is 0. The molecule has 3 unspecified atom stereocenters. The highest BCUT2D eigenvalue weighted by molar-refractivity contribution is 4.95. The van der Waals surface area contributed by atoms with Crippen molar-refractivity contribution < 1.29 is 0 Å². The van der Waals surface area contributed by atoms with E-state index in [2.05, 4.69) is 49.9 Å². The Kier molecular flexibility index (Phi) is 6.10. The molecule has 0 aromatic rings. The van der Waals surface area contributed by atoms with Gasteiger partial charge in [-0.3, -0.25) is 4.90 Å². The van der Waals surface area contributed by atoms with Crippen LogP contribution < -0.4 is 5.32 Å². The molecule has 1 heterocycles. The number of hydrogen-bond acceptors (Lipinski definition) is 3. The number of nitrogens with one attached hydrogen (secondary N) is 1. The number of nitrogens with zero attached hydrogens (tertiary/aromatic N) is 2. The van der Waals surface area contributed by atoms with E-state index >= 15 is 0 Å². The summed E-state index contributed by atoms with van der Waals surface area (Å²) in [5, 5.41) is 3.89. The van der Waals surface area contributed by atoms with Gasteiger partial charge in [0.25, 0.3) is 0 Å². The second-order valence-corrected chi connectivity index (χ2v) is 8.18. The van der Waals surface area contributed by atoms with Crippen LogP contribution in [-0.2, 0) is 0 Å². The fourth-order valence-electron chi connectivity index (χ4n) is 4.47. The Labute approximate surface area is 132 Å². The molecule has 0 amide bonds. The van der Waals surface area contributed by atoms with Gasteiger partial charge < -0.3 is 10.2 Å². The van der Waals surface area contributed by atoms with Crippen molar-refractivity contribution in [3.05, 3.63) is 0 Å². The molecule has 1 aliphatic carbocycles. The Balaban J connectivity index is 1.98. The minimum Gasteiger partial charge on any atom is -0.313 e. The third-order valence-corrected chi connectivity index (χ3v) is 5.76. The van der Waals surface area contributed by atoms with Crippen molar-refractivity contribution in [3.8, 4) is 0 Å². The molecule has 0 spiro atoms. The fourth-order valence-corrected chi connectivity index (χ4v) is 4.47. The van der Waals surface area contributed by atoms with Crippen molar-refractivity contribution in [3.63, 3.8) is 0 Å². The quantitative estimate of drug-likeness (QED) is 0.841. The molecule has 0 aromatic carbocycles. The minimum atomic E-state index is 0.452. The molecule has 0 aromatic heterocycles. The summed E-state index contributed by atoms with van der Waals surface area (Å²) in [6.07, 6.45) is 5.43. The van der Waals surface area contributed by atoms with Crippen LogP contribution in [0.25, 0.3) is 0 Å². The first kappa shape index (κ1) is 17.2. The number of hydrogen-bond donors (Lipinski definition) is 1. The first-order chi connectivity index (χ1) is 9.94. The van der Waals surface area contributed by atoms with Crippen LogP contribution in [-0.4, -0.2) is 61.7 Å². The van der Waals surface area contributed by atoms with Gasteiger partial charge in [-0.15, -0.1) is 0 Å². The Bertz CT molecular complexity index is 316. The largest absolute Gasteiger partial charge is 0.313 e. The van der Waals surface area contributed by atoms with Crippen molar-refractivity contribution in [1.82, 2.24) is 15.1 Å². The normalized spacial score (nSPS) is 35.0. The van der Waals surface area contributed by atoms with Gasteiger partial charge in [0.15, 0.2) is 0 Å². The molecular formula is C18H37N3. The molecule has 3 heteroatoms. The Morgan fingerprint density at radius 3 is 2.67 bits per heavy atom. The van der Waals surface area contributed by atoms with Gasteiger partial charge in [0.2, 0.25) is 0 Å². The van der Waals surface area contributed by atoms with Gasteiger partial charge >= 0.3 is 0 Å². The molecule has 124 valence electrons. The van der Waals surface area contributed by atoms with E-state index in [1.165, 1.54) is 58.4 Å².